The first-order chi connectivity index (χ1) is 11.7. The van der Waals surface area contributed by atoms with Gasteiger partial charge in [0, 0.05) is 23.6 Å². The zero-order valence-corrected chi connectivity index (χ0v) is 14.3. The molecule has 0 bridgehead atoms. The van der Waals surface area contributed by atoms with Crippen LogP contribution < -0.4 is 5.32 Å². The normalized spacial score (nSPS) is 14.8. The Balaban J connectivity index is 1.42. The summed E-state index contributed by atoms with van der Waals surface area (Å²) in [6.07, 6.45) is 2.19. The number of aryl methyl sites for hydroxylation is 1. The molecule has 5 nitrogen and oxygen atoms in total. The number of nitrogens with one attached hydrogen (secondary N) is 1. The van der Waals surface area contributed by atoms with E-state index in [-0.39, 0.29) is 6.04 Å². The molecule has 2 aromatic heterocycles. The largest absolute Gasteiger partial charge is 0.460 e. The monoisotopic (exact) mass is 342 g/mol. The van der Waals surface area contributed by atoms with Crippen molar-refractivity contribution in [1.82, 2.24) is 20.1 Å². The second-order valence-electron chi connectivity index (χ2n) is 6.11. The average Bonchev–Trinajstić information content (AvgIpc) is 3.30. The van der Waals surface area contributed by atoms with Gasteiger partial charge in [0.2, 0.25) is 0 Å². The van der Waals surface area contributed by atoms with Gasteiger partial charge in [0.05, 0.1) is 12.6 Å². The molecule has 0 radical (unpaired) electrons. The first-order valence-electron chi connectivity index (χ1n) is 8.21. The molecule has 1 N–H and O–H groups in total. The maximum atomic E-state index is 5.92. The van der Waals surface area contributed by atoms with Gasteiger partial charge >= 0.3 is 0 Å². The predicted octanol–water partition coefficient (Wildman–Crippen LogP) is 3.99. The minimum atomic E-state index is 0.133. The van der Waals surface area contributed by atoms with Crippen LogP contribution in [0.15, 0.2) is 40.8 Å². The van der Waals surface area contributed by atoms with Gasteiger partial charge in [-0.1, -0.05) is 11.6 Å². The summed E-state index contributed by atoms with van der Waals surface area (Å²) >= 11 is 5.92. The lowest BCUT2D eigenvalue weighted by Crippen LogP contribution is -2.21. The fourth-order valence-electron chi connectivity index (χ4n) is 3.08. The van der Waals surface area contributed by atoms with Crippen LogP contribution in [0.2, 0.25) is 5.02 Å². The van der Waals surface area contributed by atoms with Crippen LogP contribution in [0.4, 0.5) is 0 Å². The van der Waals surface area contributed by atoms with Crippen molar-refractivity contribution in [3.05, 3.63) is 58.8 Å². The van der Waals surface area contributed by atoms with Crippen molar-refractivity contribution < 1.29 is 4.42 Å². The van der Waals surface area contributed by atoms with Gasteiger partial charge < -0.3 is 14.3 Å². The molecule has 0 saturated heterocycles. The number of furan rings is 1. The summed E-state index contributed by atoms with van der Waals surface area (Å²) < 4.78 is 8.14. The molecule has 3 heterocycles. The highest BCUT2D eigenvalue weighted by atomic mass is 35.5. The van der Waals surface area contributed by atoms with E-state index in [1.54, 1.807) is 0 Å². The third-order valence-electron chi connectivity index (χ3n) is 4.40. The number of benzene rings is 1. The number of fused-ring (bicyclic) bond motifs is 1. The summed E-state index contributed by atoms with van der Waals surface area (Å²) in [7, 11) is 0. The highest BCUT2D eigenvalue weighted by Gasteiger charge is 2.21. The summed E-state index contributed by atoms with van der Waals surface area (Å²) in [6.45, 7) is 3.78. The smallest absolute Gasteiger partial charge is 0.149 e. The van der Waals surface area contributed by atoms with E-state index < -0.39 is 0 Å². The van der Waals surface area contributed by atoms with Crippen molar-refractivity contribution in [2.24, 2.45) is 0 Å². The van der Waals surface area contributed by atoms with Crippen LogP contribution in [-0.4, -0.2) is 14.8 Å². The highest BCUT2D eigenvalue weighted by Crippen LogP contribution is 2.24. The van der Waals surface area contributed by atoms with Crippen molar-refractivity contribution in [1.29, 1.82) is 0 Å². The molecule has 1 atom stereocenters. The molecule has 3 aromatic rings. The molecule has 0 aliphatic carbocycles. The molecule has 0 amide bonds. The summed E-state index contributed by atoms with van der Waals surface area (Å²) in [5, 5.41) is 12.8. The van der Waals surface area contributed by atoms with Gasteiger partial charge in [-0.3, -0.25) is 0 Å². The van der Waals surface area contributed by atoms with E-state index in [0.29, 0.717) is 6.54 Å². The lowest BCUT2D eigenvalue weighted by molar-refractivity contribution is 0.451. The minimum Gasteiger partial charge on any atom is -0.460 e. The average molecular weight is 343 g/mol. The molecule has 0 unspecified atom stereocenters. The SMILES string of the molecule is C[C@H](NCc1ccc(-c2ccc(Cl)cc2)o1)c1nnc2n1CCC2. The van der Waals surface area contributed by atoms with E-state index >= 15 is 0 Å². The number of hydrogen-bond donors (Lipinski definition) is 1. The molecule has 0 fully saturated rings. The standard InChI is InChI=1S/C18H19ClN4O/c1-12(18-22-21-17-3-2-10-23(17)18)20-11-15-8-9-16(24-15)13-4-6-14(19)7-5-13/h4-9,12,20H,2-3,10-11H2,1H3/t12-/m0/s1. The number of aromatic nitrogens is 3. The van der Waals surface area contributed by atoms with E-state index in [2.05, 4.69) is 27.0 Å². The molecule has 1 aromatic carbocycles. The summed E-state index contributed by atoms with van der Waals surface area (Å²) in [6, 6.07) is 11.8. The van der Waals surface area contributed by atoms with Crippen molar-refractivity contribution in [3.8, 4) is 11.3 Å². The molecule has 4 rings (SSSR count). The number of rotatable bonds is 5. The van der Waals surface area contributed by atoms with E-state index in [0.717, 1.165) is 53.1 Å². The Morgan fingerprint density at radius 1 is 1.21 bits per heavy atom. The zero-order valence-electron chi connectivity index (χ0n) is 13.5. The second kappa shape index (κ2) is 6.42. The van der Waals surface area contributed by atoms with Gasteiger partial charge in [0.15, 0.2) is 0 Å². The molecule has 1 aliphatic rings. The highest BCUT2D eigenvalue weighted by molar-refractivity contribution is 6.30. The lowest BCUT2D eigenvalue weighted by atomic mass is 10.2. The summed E-state index contributed by atoms with van der Waals surface area (Å²) in [5.74, 6) is 3.85. The Morgan fingerprint density at radius 3 is 2.88 bits per heavy atom. The van der Waals surface area contributed by atoms with Crippen LogP contribution in [0.25, 0.3) is 11.3 Å². The molecule has 24 heavy (non-hydrogen) atoms. The first-order valence-corrected chi connectivity index (χ1v) is 8.58. The molecular formula is C18H19ClN4O. The predicted molar refractivity (Wildman–Crippen MR) is 92.8 cm³/mol. The number of nitrogens with zero attached hydrogens (tertiary/aromatic N) is 3. The minimum absolute atomic E-state index is 0.133. The van der Waals surface area contributed by atoms with E-state index in [9.17, 15) is 0 Å². The van der Waals surface area contributed by atoms with Gasteiger partial charge in [0.1, 0.15) is 23.2 Å². The number of hydrogen-bond acceptors (Lipinski definition) is 4. The Morgan fingerprint density at radius 2 is 2.04 bits per heavy atom. The molecule has 0 saturated carbocycles. The fraction of sp³-hybridized carbons (Fsp3) is 0.333. The maximum Gasteiger partial charge on any atom is 0.149 e. The van der Waals surface area contributed by atoms with Crippen LogP contribution in [-0.2, 0) is 19.5 Å². The van der Waals surface area contributed by atoms with Crippen molar-refractivity contribution in [2.75, 3.05) is 0 Å². The van der Waals surface area contributed by atoms with E-state index in [1.165, 1.54) is 0 Å². The third-order valence-corrected chi connectivity index (χ3v) is 4.65. The van der Waals surface area contributed by atoms with Crippen molar-refractivity contribution in [2.45, 2.75) is 38.9 Å². The second-order valence-corrected chi connectivity index (χ2v) is 6.54. The summed E-state index contributed by atoms with van der Waals surface area (Å²) in [5.41, 5.74) is 1.02. The third kappa shape index (κ3) is 2.97. The Kier molecular flexibility index (Phi) is 4.12. The van der Waals surface area contributed by atoms with Crippen LogP contribution in [0.3, 0.4) is 0 Å². The van der Waals surface area contributed by atoms with Crippen LogP contribution in [0, 0.1) is 0 Å². The van der Waals surface area contributed by atoms with E-state index in [1.807, 2.05) is 36.4 Å². The van der Waals surface area contributed by atoms with E-state index in [4.69, 9.17) is 16.0 Å². The van der Waals surface area contributed by atoms with Gasteiger partial charge in [-0.2, -0.15) is 0 Å². The molecule has 1 aliphatic heterocycles. The van der Waals surface area contributed by atoms with Gasteiger partial charge in [-0.15, -0.1) is 10.2 Å². The Hall–Kier alpha value is -2.11. The van der Waals surface area contributed by atoms with Crippen LogP contribution >= 0.6 is 11.6 Å². The number of halogens is 1. The lowest BCUT2D eigenvalue weighted by Gasteiger charge is -2.12. The zero-order chi connectivity index (χ0) is 16.5. The quantitative estimate of drug-likeness (QED) is 0.761. The summed E-state index contributed by atoms with van der Waals surface area (Å²) in [4.78, 5) is 0. The molecule has 6 heteroatoms. The van der Waals surface area contributed by atoms with Crippen molar-refractivity contribution >= 4 is 11.6 Å². The van der Waals surface area contributed by atoms with Crippen LogP contribution in [0.5, 0.6) is 0 Å². The molecule has 0 spiro atoms. The Bertz CT molecular complexity index is 837. The topological polar surface area (TPSA) is 55.9 Å². The van der Waals surface area contributed by atoms with Gasteiger partial charge in [0.25, 0.3) is 0 Å². The Labute approximate surface area is 145 Å². The van der Waals surface area contributed by atoms with Gasteiger partial charge in [-0.25, -0.2) is 0 Å². The first kappa shape index (κ1) is 15.4. The van der Waals surface area contributed by atoms with Crippen LogP contribution in [0.1, 0.15) is 36.8 Å². The van der Waals surface area contributed by atoms with Crippen molar-refractivity contribution in [3.63, 3.8) is 0 Å². The maximum absolute atomic E-state index is 5.92. The van der Waals surface area contributed by atoms with Gasteiger partial charge in [-0.05, 0) is 49.7 Å². The molecule has 124 valence electrons. The molecular weight excluding hydrogens is 324 g/mol. The fourth-order valence-corrected chi connectivity index (χ4v) is 3.21.